The molecule has 0 aliphatic rings. The maximum Gasteiger partial charge on any atom is 0.174 e. The first kappa shape index (κ1) is 7.40. The van der Waals surface area contributed by atoms with Crippen LogP contribution in [0.2, 0.25) is 0 Å². The van der Waals surface area contributed by atoms with E-state index in [1.807, 2.05) is 0 Å². The van der Waals surface area contributed by atoms with Gasteiger partial charge in [0.05, 0.1) is 6.29 Å². The summed E-state index contributed by atoms with van der Waals surface area (Å²) in [6.07, 6.45) is 1.45. The van der Waals surface area contributed by atoms with Crippen LogP contribution >= 0.6 is 0 Å². The molecule has 0 bridgehead atoms. The molecule has 4 heteroatoms. The molecule has 0 amide bonds. The van der Waals surface area contributed by atoms with Crippen LogP contribution in [0.5, 0.6) is 17.2 Å². The largest absolute Gasteiger partial charge is 0.517 e. The minimum absolute atomic E-state index is 0.0159. The predicted octanol–water partition coefficient (Wildman–Crippen LogP) is 0.261. The van der Waals surface area contributed by atoms with Crippen LogP contribution in [-0.2, 0) is 4.79 Å². The van der Waals surface area contributed by atoms with Gasteiger partial charge in [-0.15, -0.1) is 17.7 Å². The van der Waals surface area contributed by atoms with Gasteiger partial charge in [0.15, 0.2) is 5.75 Å². The summed E-state index contributed by atoms with van der Waals surface area (Å²) in [7, 11) is 0. The maximum absolute atomic E-state index is 9.99. The van der Waals surface area contributed by atoms with E-state index in [4.69, 9.17) is 15.3 Å². The number of phenolic OH excluding ortho intramolecular Hbond substituents is 3. The van der Waals surface area contributed by atoms with Crippen molar-refractivity contribution in [2.45, 2.75) is 0 Å². The van der Waals surface area contributed by atoms with Gasteiger partial charge >= 0.3 is 0 Å². The Labute approximate surface area is 62.3 Å². The monoisotopic (exact) mass is 153 g/mol. The molecular formula is C7H5O4-. The van der Waals surface area contributed by atoms with Gasteiger partial charge in [-0.05, 0) is 0 Å². The Balaban J connectivity index is 3.31. The van der Waals surface area contributed by atoms with E-state index in [9.17, 15) is 4.79 Å². The summed E-state index contributed by atoms with van der Waals surface area (Å²) in [6, 6.07) is 2.00. The van der Waals surface area contributed by atoms with Gasteiger partial charge in [-0.2, -0.15) is 0 Å². The van der Waals surface area contributed by atoms with E-state index in [0.29, 0.717) is 0 Å². The normalized spacial score (nSPS) is 9.45. The lowest BCUT2D eigenvalue weighted by Crippen LogP contribution is -1.80. The number of aromatic hydroxyl groups is 3. The molecule has 0 saturated heterocycles. The van der Waals surface area contributed by atoms with Crippen molar-refractivity contribution in [2.24, 2.45) is 0 Å². The van der Waals surface area contributed by atoms with Crippen molar-refractivity contribution < 1.29 is 20.1 Å². The summed E-state index contributed by atoms with van der Waals surface area (Å²) in [4.78, 5) is 9.99. The third kappa shape index (κ3) is 1.24. The van der Waals surface area contributed by atoms with Gasteiger partial charge in [-0.1, -0.05) is 0 Å². The van der Waals surface area contributed by atoms with Gasteiger partial charge in [-0.25, -0.2) is 0 Å². The van der Waals surface area contributed by atoms with Gasteiger partial charge in [0, 0.05) is 0 Å². The molecule has 3 N–H and O–H groups in total. The molecule has 1 aromatic rings. The zero-order valence-corrected chi connectivity index (χ0v) is 5.40. The fourth-order valence-corrected chi connectivity index (χ4v) is 0.663. The Morgan fingerprint density at radius 1 is 1.09 bits per heavy atom. The molecule has 0 aliphatic carbocycles. The summed E-state index contributed by atoms with van der Waals surface area (Å²) in [5.74, 6) is -1.71. The minimum Gasteiger partial charge on any atom is -0.517 e. The molecule has 58 valence electrons. The highest BCUT2D eigenvalue weighted by Crippen LogP contribution is 2.34. The molecule has 0 heterocycles. The van der Waals surface area contributed by atoms with Crippen molar-refractivity contribution >= 4 is 6.29 Å². The van der Waals surface area contributed by atoms with Crippen LogP contribution in [0.4, 0.5) is 0 Å². The summed E-state index contributed by atoms with van der Waals surface area (Å²) in [6.45, 7) is 0. The highest BCUT2D eigenvalue weighted by molar-refractivity contribution is 5.78. The van der Waals surface area contributed by atoms with Crippen molar-refractivity contribution in [3.05, 3.63) is 17.7 Å². The average molecular weight is 153 g/mol. The number of hydrogen-bond donors (Lipinski definition) is 3. The quantitative estimate of drug-likeness (QED) is 0.399. The first-order valence-electron chi connectivity index (χ1n) is 2.78. The molecule has 4 nitrogen and oxygen atoms in total. The summed E-state index contributed by atoms with van der Waals surface area (Å²) >= 11 is 0. The first-order chi connectivity index (χ1) is 5.15. The zero-order valence-electron chi connectivity index (χ0n) is 5.40. The first-order valence-corrected chi connectivity index (χ1v) is 2.78. The molecule has 0 fully saturated rings. The van der Waals surface area contributed by atoms with Gasteiger partial charge in [0.1, 0.15) is 11.5 Å². The summed E-state index contributed by atoms with van der Waals surface area (Å²) in [5.41, 5.74) is -0.0159. The van der Waals surface area contributed by atoms with Crippen molar-refractivity contribution in [2.75, 3.05) is 0 Å². The Hall–Kier alpha value is -1.71. The molecular weight excluding hydrogens is 148 g/mol. The molecule has 1 aromatic carbocycles. The van der Waals surface area contributed by atoms with Gasteiger partial charge in [-0.3, -0.25) is 0 Å². The molecule has 0 saturated carbocycles. The molecule has 0 aromatic heterocycles. The third-order valence-electron chi connectivity index (χ3n) is 1.19. The van der Waals surface area contributed by atoms with E-state index >= 15 is 0 Å². The maximum atomic E-state index is 9.99. The smallest absolute Gasteiger partial charge is 0.174 e. The van der Waals surface area contributed by atoms with Crippen LogP contribution in [0.3, 0.4) is 0 Å². The number of hydrogen-bond acceptors (Lipinski definition) is 4. The van der Waals surface area contributed by atoms with Crippen LogP contribution in [0, 0.1) is 0 Å². The van der Waals surface area contributed by atoms with E-state index in [-0.39, 0.29) is 5.56 Å². The lowest BCUT2D eigenvalue weighted by molar-refractivity contribution is 0.367. The predicted molar refractivity (Wildman–Crippen MR) is 36.2 cm³/mol. The Morgan fingerprint density at radius 2 is 1.55 bits per heavy atom. The zero-order chi connectivity index (χ0) is 8.43. The summed E-state index contributed by atoms with van der Waals surface area (Å²) in [5, 5.41) is 26.4. The van der Waals surface area contributed by atoms with Gasteiger partial charge in [0.25, 0.3) is 0 Å². The third-order valence-corrected chi connectivity index (χ3v) is 1.19. The average Bonchev–Trinajstić information content (AvgIpc) is 1.99. The molecule has 0 unspecified atom stereocenters. The second kappa shape index (κ2) is 2.49. The molecule has 11 heavy (non-hydrogen) atoms. The topological polar surface area (TPSA) is 77.8 Å². The van der Waals surface area contributed by atoms with Crippen LogP contribution < -0.4 is 0 Å². The fourth-order valence-electron chi connectivity index (χ4n) is 0.663. The van der Waals surface area contributed by atoms with Crippen molar-refractivity contribution in [1.82, 2.24) is 0 Å². The van der Waals surface area contributed by atoms with Crippen LogP contribution in [-0.4, -0.2) is 21.6 Å². The highest BCUT2D eigenvalue weighted by atomic mass is 16.3. The Bertz CT molecular complexity index is 269. The van der Waals surface area contributed by atoms with E-state index in [2.05, 4.69) is 0 Å². The van der Waals surface area contributed by atoms with Crippen molar-refractivity contribution in [3.8, 4) is 17.2 Å². The van der Waals surface area contributed by atoms with Gasteiger partial charge < -0.3 is 20.1 Å². The van der Waals surface area contributed by atoms with E-state index in [0.717, 1.165) is 12.1 Å². The van der Waals surface area contributed by atoms with Crippen LogP contribution in [0.25, 0.3) is 0 Å². The summed E-state index contributed by atoms with van der Waals surface area (Å²) < 4.78 is 0. The lowest BCUT2D eigenvalue weighted by atomic mass is 10.2. The van der Waals surface area contributed by atoms with Gasteiger partial charge in [0.2, 0.25) is 0 Å². The molecule has 0 atom stereocenters. The van der Waals surface area contributed by atoms with E-state index in [1.165, 1.54) is 6.29 Å². The SMILES string of the molecule is O=[C-]c1cc(O)c(O)c(O)c1. The minimum atomic E-state index is -0.635. The number of carbonyl (C=O) groups excluding carboxylic acids is 1. The van der Waals surface area contributed by atoms with Crippen LogP contribution in [0.15, 0.2) is 12.1 Å². The lowest BCUT2D eigenvalue weighted by Gasteiger charge is -2.06. The Morgan fingerprint density at radius 3 is 1.91 bits per heavy atom. The molecule has 0 radical (unpaired) electrons. The Kier molecular flexibility index (Phi) is 1.68. The van der Waals surface area contributed by atoms with E-state index < -0.39 is 17.2 Å². The number of rotatable bonds is 1. The second-order valence-corrected chi connectivity index (χ2v) is 1.97. The standard InChI is InChI=1S/C7H5O4/c8-3-4-1-5(9)7(11)6(10)2-4/h1-2,9-11H/q-1. The molecule has 1 rings (SSSR count). The molecule has 0 spiro atoms. The van der Waals surface area contributed by atoms with Crippen LogP contribution in [0.1, 0.15) is 5.56 Å². The molecule has 0 aliphatic heterocycles. The number of benzene rings is 1. The fraction of sp³-hybridized carbons (Fsp3) is 0. The van der Waals surface area contributed by atoms with E-state index in [1.54, 1.807) is 0 Å². The number of phenols is 3. The highest BCUT2D eigenvalue weighted by Gasteiger charge is 1.99. The van der Waals surface area contributed by atoms with Crippen molar-refractivity contribution in [1.29, 1.82) is 0 Å². The second-order valence-electron chi connectivity index (χ2n) is 1.97. The van der Waals surface area contributed by atoms with Crippen molar-refractivity contribution in [3.63, 3.8) is 0 Å².